The Morgan fingerprint density at radius 3 is 2.17 bits per heavy atom. The highest BCUT2D eigenvalue weighted by Crippen LogP contribution is 2.07. The highest BCUT2D eigenvalue weighted by molar-refractivity contribution is 5.22. The van der Waals surface area contributed by atoms with Crippen LogP contribution in [0, 0.1) is 0 Å². The number of hydrogen-bond acceptors (Lipinski definition) is 1. The molecule has 0 spiro atoms. The van der Waals surface area contributed by atoms with Crippen LogP contribution >= 0.6 is 0 Å². The quantitative estimate of drug-likeness (QED) is 0.732. The van der Waals surface area contributed by atoms with Gasteiger partial charge < -0.3 is 5.11 Å². The van der Waals surface area contributed by atoms with Crippen LogP contribution in [0.15, 0.2) is 24.3 Å². The maximum Gasteiger partial charge on any atom is 0.115 e. The first-order valence-electron chi connectivity index (χ1n) is 4.04. The SMILES string of the molecule is CC(O)Cc1ccc(CF)cc1. The minimum Gasteiger partial charge on any atom is -0.393 e. The molecule has 1 aromatic carbocycles. The fourth-order valence-corrected chi connectivity index (χ4v) is 1.11. The second-order valence-corrected chi connectivity index (χ2v) is 3.00. The van der Waals surface area contributed by atoms with Crippen LogP contribution in [0.5, 0.6) is 0 Å². The average Bonchev–Trinajstić information content (AvgIpc) is 2.05. The van der Waals surface area contributed by atoms with Gasteiger partial charge in [-0.25, -0.2) is 4.39 Å². The summed E-state index contributed by atoms with van der Waals surface area (Å²) in [5.74, 6) is 0. The summed E-state index contributed by atoms with van der Waals surface area (Å²) >= 11 is 0. The van der Waals surface area contributed by atoms with Gasteiger partial charge in [0.05, 0.1) is 6.10 Å². The predicted octanol–water partition coefficient (Wildman–Crippen LogP) is 2.08. The standard InChI is InChI=1S/C10H13FO/c1-8(12)6-9-2-4-10(7-11)5-3-9/h2-5,8,12H,6-7H2,1H3. The Morgan fingerprint density at radius 2 is 1.75 bits per heavy atom. The van der Waals surface area contributed by atoms with Crippen molar-refractivity contribution in [1.82, 2.24) is 0 Å². The van der Waals surface area contributed by atoms with Crippen molar-refractivity contribution in [3.05, 3.63) is 35.4 Å². The Labute approximate surface area is 71.9 Å². The molecule has 0 aliphatic rings. The maximum atomic E-state index is 12.1. The third kappa shape index (κ3) is 2.62. The molecule has 66 valence electrons. The molecule has 1 aromatic rings. The molecule has 0 saturated heterocycles. The van der Waals surface area contributed by atoms with Crippen LogP contribution < -0.4 is 0 Å². The number of alkyl halides is 1. The zero-order valence-electron chi connectivity index (χ0n) is 7.13. The topological polar surface area (TPSA) is 20.2 Å². The van der Waals surface area contributed by atoms with Crippen LogP contribution in [0.1, 0.15) is 18.1 Å². The summed E-state index contributed by atoms with van der Waals surface area (Å²) in [4.78, 5) is 0. The van der Waals surface area contributed by atoms with Crippen molar-refractivity contribution >= 4 is 0 Å². The average molecular weight is 168 g/mol. The number of aliphatic hydroxyl groups excluding tert-OH is 1. The molecule has 0 aromatic heterocycles. The molecule has 2 heteroatoms. The van der Waals surface area contributed by atoms with Crippen LogP contribution in [0.4, 0.5) is 4.39 Å². The molecule has 0 amide bonds. The summed E-state index contributed by atoms with van der Waals surface area (Å²) < 4.78 is 12.1. The Bertz CT molecular complexity index is 228. The van der Waals surface area contributed by atoms with Gasteiger partial charge in [-0.2, -0.15) is 0 Å². The number of benzene rings is 1. The van der Waals surface area contributed by atoms with Crippen molar-refractivity contribution in [3.63, 3.8) is 0 Å². The summed E-state index contributed by atoms with van der Waals surface area (Å²) in [5.41, 5.74) is 1.73. The van der Waals surface area contributed by atoms with E-state index in [1.54, 1.807) is 19.1 Å². The molecule has 0 saturated carbocycles. The highest BCUT2D eigenvalue weighted by Gasteiger charge is 1.98. The van der Waals surface area contributed by atoms with Crippen molar-refractivity contribution in [2.45, 2.75) is 26.1 Å². The lowest BCUT2D eigenvalue weighted by molar-refractivity contribution is 0.195. The summed E-state index contributed by atoms with van der Waals surface area (Å²) in [7, 11) is 0. The molecule has 0 aliphatic carbocycles. The summed E-state index contributed by atoms with van der Waals surface area (Å²) in [6.07, 6.45) is 0.299. The lowest BCUT2D eigenvalue weighted by atomic mass is 10.1. The molecule has 1 atom stereocenters. The fourth-order valence-electron chi connectivity index (χ4n) is 1.11. The molecule has 0 aliphatic heterocycles. The molecule has 0 radical (unpaired) electrons. The van der Waals surface area contributed by atoms with Crippen LogP contribution in [-0.4, -0.2) is 11.2 Å². The van der Waals surface area contributed by atoms with Crippen molar-refractivity contribution in [1.29, 1.82) is 0 Å². The van der Waals surface area contributed by atoms with Gasteiger partial charge in [-0.05, 0) is 24.5 Å². The minimum atomic E-state index is -0.422. The summed E-state index contributed by atoms with van der Waals surface area (Å²) in [5, 5.41) is 9.06. The summed E-state index contributed by atoms with van der Waals surface area (Å²) in [6, 6.07) is 7.19. The maximum absolute atomic E-state index is 12.1. The molecule has 1 N–H and O–H groups in total. The van der Waals surface area contributed by atoms with E-state index in [1.807, 2.05) is 12.1 Å². The first-order valence-corrected chi connectivity index (χ1v) is 4.04. The highest BCUT2D eigenvalue weighted by atomic mass is 19.1. The van der Waals surface area contributed by atoms with Crippen molar-refractivity contribution < 1.29 is 9.50 Å². The first kappa shape index (κ1) is 9.20. The fraction of sp³-hybridized carbons (Fsp3) is 0.400. The second kappa shape index (κ2) is 4.21. The zero-order valence-corrected chi connectivity index (χ0v) is 7.13. The minimum absolute atomic E-state index is 0.332. The largest absolute Gasteiger partial charge is 0.393 e. The molecular weight excluding hydrogens is 155 g/mol. The van der Waals surface area contributed by atoms with E-state index in [-0.39, 0.29) is 6.10 Å². The molecule has 1 unspecified atom stereocenters. The van der Waals surface area contributed by atoms with E-state index in [1.165, 1.54) is 0 Å². The van der Waals surface area contributed by atoms with Gasteiger partial charge in [-0.1, -0.05) is 24.3 Å². The van der Waals surface area contributed by atoms with E-state index in [0.29, 0.717) is 12.0 Å². The first-order chi connectivity index (χ1) is 5.72. The van der Waals surface area contributed by atoms with Crippen molar-refractivity contribution in [3.8, 4) is 0 Å². The lowest BCUT2D eigenvalue weighted by Crippen LogP contribution is -2.03. The van der Waals surface area contributed by atoms with E-state index >= 15 is 0 Å². The van der Waals surface area contributed by atoms with Gasteiger partial charge in [0.15, 0.2) is 0 Å². The summed E-state index contributed by atoms with van der Waals surface area (Å²) in [6.45, 7) is 1.32. The molecule has 0 bridgehead atoms. The zero-order chi connectivity index (χ0) is 8.97. The predicted molar refractivity (Wildman–Crippen MR) is 46.6 cm³/mol. The van der Waals surface area contributed by atoms with Crippen LogP contribution in [0.25, 0.3) is 0 Å². The second-order valence-electron chi connectivity index (χ2n) is 3.00. The molecule has 1 rings (SSSR count). The van der Waals surface area contributed by atoms with Gasteiger partial charge >= 0.3 is 0 Å². The van der Waals surface area contributed by atoms with Gasteiger partial charge in [0.1, 0.15) is 6.67 Å². The molecular formula is C10H13FO. The van der Waals surface area contributed by atoms with E-state index in [4.69, 9.17) is 5.11 Å². The molecule has 12 heavy (non-hydrogen) atoms. The van der Waals surface area contributed by atoms with Gasteiger partial charge in [-0.3, -0.25) is 0 Å². The number of aliphatic hydroxyl groups is 1. The molecule has 1 nitrogen and oxygen atoms in total. The Kier molecular flexibility index (Phi) is 3.23. The van der Waals surface area contributed by atoms with Gasteiger partial charge in [0.25, 0.3) is 0 Å². The van der Waals surface area contributed by atoms with Crippen LogP contribution in [0.3, 0.4) is 0 Å². The Morgan fingerprint density at radius 1 is 1.25 bits per heavy atom. The van der Waals surface area contributed by atoms with Crippen LogP contribution in [-0.2, 0) is 13.1 Å². The van der Waals surface area contributed by atoms with E-state index in [2.05, 4.69) is 0 Å². The molecule has 0 fully saturated rings. The Balaban J connectivity index is 2.65. The Hall–Kier alpha value is -0.890. The normalized spacial score (nSPS) is 12.9. The van der Waals surface area contributed by atoms with Gasteiger partial charge in [0.2, 0.25) is 0 Å². The third-order valence-corrected chi connectivity index (χ3v) is 1.71. The molecule has 0 heterocycles. The van der Waals surface area contributed by atoms with Crippen LogP contribution in [0.2, 0.25) is 0 Å². The van der Waals surface area contributed by atoms with Crippen molar-refractivity contribution in [2.75, 3.05) is 0 Å². The number of rotatable bonds is 3. The van der Waals surface area contributed by atoms with Gasteiger partial charge in [-0.15, -0.1) is 0 Å². The number of halogens is 1. The number of hydrogen-bond donors (Lipinski definition) is 1. The van der Waals surface area contributed by atoms with E-state index in [0.717, 1.165) is 5.56 Å². The van der Waals surface area contributed by atoms with Crippen molar-refractivity contribution in [2.24, 2.45) is 0 Å². The smallest absolute Gasteiger partial charge is 0.115 e. The van der Waals surface area contributed by atoms with Gasteiger partial charge in [0, 0.05) is 0 Å². The lowest BCUT2D eigenvalue weighted by Gasteiger charge is -2.03. The monoisotopic (exact) mass is 168 g/mol. The van der Waals surface area contributed by atoms with E-state index in [9.17, 15) is 4.39 Å². The van der Waals surface area contributed by atoms with E-state index < -0.39 is 6.67 Å². The third-order valence-electron chi connectivity index (χ3n) is 1.71.